The average molecular weight is 275 g/mol. The van der Waals surface area contributed by atoms with Gasteiger partial charge in [-0.15, -0.1) is 0 Å². The third-order valence-electron chi connectivity index (χ3n) is 4.65. The van der Waals surface area contributed by atoms with E-state index in [1.54, 1.807) is 0 Å². The summed E-state index contributed by atoms with van der Waals surface area (Å²) in [6, 6.07) is 2.60. The van der Waals surface area contributed by atoms with Crippen molar-refractivity contribution >= 4 is 23.0 Å². The van der Waals surface area contributed by atoms with Gasteiger partial charge in [0.2, 0.25) is 0 Å². The summed E-state index contributed by atoms with van der Waals surface area (Å²) >= 11 is 5.19. The fourth-order valence-corrected chi connectivity index (χ4v) is 4.11. The van der Waals surface area contributed by atoms with E-state index in [1.165, 1.54) is 25.7 Å². The molecule has 0 aliphatic heterocycles. The van der Waals surface area contributed by atoms with Crippen LogP contribution in [0.4, 0.5) is 5.82 Å². The lowest BCUT2D eigenvalue weighted by Gasteiger charge is -2.25. The molecule has 0 saturated heterocycles. The molecule has 0 spiro atoms. The first kappa shape index (κ1) is 12.9. The van der Waals surface area contributed by atoms with Crippen LogP contribution in [-0.2, 0) is 0 Å². The monoisotopic (exact) mass is 275 g/mol. The summed E-state index contributed by atoms with van der Waals surface area (Å²) in [6.07, 6.45) is 5.42. The minimum Gasteiger partial charge on any atom is -0.389 e. The van der Waals surface area contributed by atoms with Crippen molar-refractivity contribution < 1.29 is 0 Å². The topological polar surface area (TPSA) is 50.9 Å². The molecule has 102 valence electrons. The van der Waals surface area contributed by atoms with Gasteiger partial charge in [0.05, 0.1) is 5.56 Å². The first-order valence-electron chi connectivity index (χ1n) is 7.09. The molecule has 2 bridgehead atoms. The molecule has 3 rings (SSSR count). The summed E-state index contributed by atoms with van der Waals surface area (Å²) in [4.78, 5) is 5.06. The van der Waals surface area contributed by atoms with E-state index < -0.39 is 0 Å². The smallest absolute Gasteiger partial charge is 0.137 e. The number of hydrogen-bond donors (Lipinski definition) is 2. The van der Waals surface area contributed by atoms with Crippen molar-refractivity contribution in [2.24, 2.45) is 17.6 Å². The summed E-state index contributed by atoms with van der Waals surface area (Å²) in [5.41, 5.74) is 8.92. The number of anilines is 1. The van der Waals surface area contributed by atoms with E-state index in [1.807, 2.05) is 13.0 Å². The zero-order chi connectivity index (χ0) is 13.6. The lowest BCUT2D eigenvalue weighted by Crippen LogP contribution is -2.28. The van der Waals surface area contributed by atoms with Crippen LogP contribution in [0.2, 0.25) is 0 Å². The molecule has 0 aromatic carbocycles. The summed E-state index contributed by atoms with van der Waals surface area (Å²) in [7, 11) is 0. The van der Waals surface area contributed by atoms with Gasteiger partial charge in [-0.3, -0.25) is 0 Å². The van der Waals surface area contributed by atoms with Crippen LogP contribution < -0.4 is 11.1 Å². The van der Waals surface area contributed by atoms with Gasteiger partial charge in [-0.1, -0.05) is 18.6 Å². The number of nitrogens with two attached hydrogens (primary N) is 1. The number of nitrogens with zero attached hydrogens (tertiary/aromatic N) is 1. The molecule has 3 nitrogen and oxygen atoms in total. The van der Waals surface area contributed by atoms with Gasteiger partial charge in [-0.05, 0) is 56.6 Å². The van der Waals surface area contributed by atoms with E-state index in [0.29, 0.717) is 11.0 Å². The fourth-order valence-electron chi connectivity index (χ4n) is 3.85. The molecule has 3 atom stereocenters. The van der Waals surface area contributed by atoms with E-state index >= 15 is 0 Å². The average Bonchev–Trinajstić information content (AvgIpc) is 2.88. The van der Waals surface area contributed by atoms with Crippen molar-refractivity contribution in [2.75, 3.05) is 5.32 Å². The molecule has 1 aromatic heterocycles. The van der Waals surface area contributed by atoms with Crippen molar-refractivity contribution in [3.63, 3.8) is 0 Å². The Hall–Kier alpha value is -1.16. The zero-order valence-corrected chi connectivity index (χ0v) is 12.4. The van der Waals surface area contributed by atoms with Crippen LogP contribution in [0.25, 0.3) is 0 Å². The molecule has 1 aromatic rings. The van der Waals surface area contributed by atoms with Crippen LogP contribution in [0.15, 0.2) is 6.07 Å². The standard InChI is InChI=1S/C15H21N3S/c1-8-5-9(2)17-15(13(8)14(16)19)18-12-7-10-3-4-11(12)6-10/h5,10-12H,3-4,6-7H2,1-2H3,(H2,16,19)(H,17,18). The Morgan fingerprint density at radius 1 is 1.37 bits per heavy atom. The van der Waals surface area contributed by atoms with Crippen LogP contribution in [0.3, 0.4) is 0 Å². The Morgan fingerprint density at radius 3 is 2.74 bits per heavy atom. The largest absolute Gasteiger partial charge is 0.389 e. The van der Waals surface area contributed by atoms with Crippen LogP contribution in [0.1, 0.15) is 42.5 Å². The molecule has 2 saturated carbocycles. The lowest BCUT2D eigenvalue weighted by molar-refractivity contribution is 0.439. The number of fused-ring (bicyclic) bond motifs is 2. The van der Waals surface area contributed by atoms with E-state index in [2.05, 4.69) is 17.2 Å². The highest BCUT2D eigenvalue weighted by molar-refractivity contribution is 7.80. The summed E-state index contributed by atoms with van der Waals surface area (Å²) in [5.74, 6) is 2.62. The molecule has 4 heteroatoms. The van der Waals surface area contributed by atoms with Gasteiger partial charge in [0.15, 0.2) is 0 Å². The quantitative estimate of drug-likeness (QED) is 0.833. The minimum absolute atomic E-state index is 0.440. The number of pyridine rings is 1. The number of rotatable bonds is 3. The predicted octanol–water partition coefficient (Wildman–Crippen LogP) is 2.93. The van der Waals surface area contributed by atoms with E-state index in [0.717, 1.165) is 34.5 Å². The summed E-state index contributed by atoms with van der Waals surface area (Å²) in [6.45, 7) is 4.07. The second kappa shape index (κ2) is 4.75. The lowest BCUT2D eigenvalue weighted by atomic mass is 9.95. The van der Waals surface area contributed by atoms with Gasteiger partial charge in [0, 0.05) is 11.7 Å². The Morgan fingerprint density at radius 2 is 2.16 bits per heavy atom. The van der Waals surface area contributed by atoms with Gasteiger partial charge in [0.25, 0.3) is 0 Å². The van der Waals surface area contributed by atoms with Crippen LogP contribution >= 0.6 is 12.2 Å². The zero-order valence-electron chi connectivity index (χ0n) is 11.6. The highest BCUT2D eigenvalue weighted by Crippen LogP contribution is 2.45. The number of hydrogen-bond acceptors (Lipinski definition) is 3. The summed E-state index contributed by atoms with van der Waals surface area (Å²) < 4.78 is 0. The molecule has 0 amide bonds. The maximum Gasteiger partial charge on any atom is 0.137 e. The predicted molar refractivity (Wildman–Crippen MR) is 82.5 cm³/mol. The highest BCUT2D eigenvalue weighted by Gasteiger charge is 2.39. The van der Waals surface area contributed by atoms with Crippen molar-refractivity contribution in [3.05, 3.63) is 22.9 Å². The molecule has 2 fully saturated rings. The van der Waals surface area contributed by atoms with Gasteiger partial charge in [0.1, 0.15) is 10.8 Å². The maximum absolute atomic E-state index is 5.87. The Balaban J connectivity index is 1.89. The molecule has 0 radical (unpaired) electrons. The Kier molecular flexibility index (Phi) is 3.21. The van der Waals surface area contributed by atoms with Crippen LogP contribution in [-0.4, -0.2) is 16.0 Å². The van der Waals surface area contributed by atoms with Gasteiger partial charge in [-0.25, -0.2) is 4.98 Å². The maximum atomic E-state index is 5.87. The second-order valence-electron chi connectivity index (χ2n) is 6.09. The molecule has 3 unspecified atom stereocenters. The van der Waals surface area contributed by atoms with Gasteiger partial charge >= 0.3 is 0 Å². The molecule has 3 N–H and O–H groups in total. The van der Waals surface area contributed by atoms with Crippen molar-refractivity contribution in [1.29, 1.82) is 0 Å². The summed E-state index contributed by atoms with van der Waals surface area (Å²) in [5, 5.41) is 3.63. The first-order chi connectivity index (χ1) is 9.04. The molecular formula is C15H21N3S. The Bertz CT molecular complexity index is 526. The van der Waals surface area contributed by atoms with Crippen LogP contribution in [0, 0.1) is 25.7 Å². The third-order valence-corrected chi connectivity index (χ3v) is 4.86. The third kappa shape index (κ3) is 2.34. The number of nitrogens with one attached hydrogen (secondary N) is 1. The number of aryl methyl sites for hydroxylation is 2. The highest BCUT2D eigenvalue weighted by atomic mass is 32.1. The van der Waals surface area contributed by atoms with Crippen LogP contribution in [0.5, 0.6) is 0 Å². The van der Waals surface area contributed by atoms with E-state index in [9.17, 15) is 0 Å². The van der Waals surface area contributed by atoms with Gasteiger partial charge in [-0.2, -0.15) is 0 Å². The minimum atomic E-state index is 0.440. The van der Waals surface area contributed by atoms with Gasteiger partial charge < -0.3 is 11.1 Å². The second-order valence-corrected chi connectivity index (χ2v) is 6.53. The Labute approximate surface area is 120 Å². The van der Waals surface area contributed by atoms with E-state index in [4.69, 9.17) is 18.0 Å². The fraction of sp³-hybridized carbons (Fsp3) is 0.600. The normalized spacial score (nSPS) is 28.6. The molecule has 2 aliphatic rings. The SMILES string of the molecule is Cc1cc(C)c(C(N)=S)c(NC2CC3CCC2C3)n1. The number of thiocarbonyl (C=S) groups is 1. The molecular weight excluding hydrogens is 254 g/mol. The van der Waals surface area contributed by atoms with Crippen molar-refractivity contribution in [2.45, 2.75) is 45.6 Å². The molecule has 19 heavy (non-hydrogen) atoms. The van der Waals surface area contributed by atoms with Crippen molar-refractivity contribution in [3.8, 4) is 0 Å². The number of aromatic nitrogens is 1. The first-order valence-corrected chi connectivity index (χ1v) is 7.50. The molecule has 1 heterocycles. The van der Waals surface area contributed by atoms with Crippen molar-refractivity contribution in [1.82, 2.24) is 4.98 Å². The molecule has 2 aliphatic carbocycles. The van der Waals surface area contributed by atoms with E-state index in [-0.39, 0.29) is 0 Å².